The number of aliphatic hydroxyl groups excluding tert-OH is 1. The van der Waals surface area contributed by atoms with Crippen LogP contribution in [-0.2, 0) is 18.9 Å². The molecule has 0 saturated heterocycles. The maximum atomic E-state index is 10.0. The maximum absolute atomic E-state index is 10.0. The molecule has 0 fully saturated rings. The lowest BCUT2D eigenvalue weighted by molar-refractivity contribution is 0.112. The van der Waals surface area contributed by atoms with Gasteiger partial charge in [-0.15, -0.1) is 11.6 Å². The van der Waals surface area contributed by atoms with Gasteiger partial charge in [-0.1, -0.05) is 177 Å². The van der Waals surface area contributed by atoms with Crippen molar-refractivity contribution in [3.8, 4) is 6.07 Å². The van der Waals surface area contributed by atoms with E-state index in [1.54, 1.807) is 12.1 Å². The van der Waals surface area contributed by atoms with Crippen molar-refractivity contribution < 1.29 is 9.90 Å². The number of aldehydes is 1. The number of aliphatic hydroxyl groups is 1. The molecule has 0 saturated carbocycles. The van der Waals surface area contributed by atoms with Gasteiger partial charge in [-0.25, -0.2) is 0 Å². The number of nitrogens with zero attached hydrogens (tertiary/aromatic N) is 1. The van der Waals surface area contributed by atoms with E-state index in [4.69, 9.17) is 22.0 Å². The molecule has 3 nitrogen and oxygen atoms in total. The van der Waals surface area contributed by atoms with Crippen molar-refractivity contribution >= 4 is 17.9 Å². The molecule has 0 radical (unpaired) electrons. The number of rotatable bonds is 4. The minimum atomic E-state index is 0.140. The van der Waals surface area contributed by atoms with Crippen molar-refractivity contribution in [1.29, 1.82) is 5.26 Å². The van der Waals surface area contributed by atoms with E-state index < -0.39 is 0 Å². The van der Waals surface area contributed by atoms with Gasteiger partial charge >= 0.3 is 0 Å². The number of nitriles is 1. The van der Waals surface area contributed by atoms with E-state index in [0.717, 1.165) is 23.0 Å². The topological polar surface area (TPSA) is 61.1 Å². The van der Waals surface area contributed by atoms with Crippen LogP contribution in [0, 0.1) is 11.3 Å². The third-order valence-electron chi connectivity index (χ3n) is 4.08. The first kappa shape index (κ1) is 44.3. The lowest BCUT2D eigenvalue weighted by Gasteiger charge is -1.89. The zero-order valence-corrected chi connectivity index (χ0v) is 27.2. The molecule has 224 valence electrons. The monoisotopic (exact) mass is 577 g/mol. The van der Waals surface area contributed by atoms with Gasteiger partial charge in [0.15, 0.2) is 0 Å². The van der Waals surface area contributed by atoms with Crippen LogP contribution in [-0.4, -0.2) is 11.4 Å². The second-order valence-corrected chi connectivity index (χ2v) is 6.88. The number of halogens is 1. The molecule has 41 heavy (non-hydrogen) atoms. The van der Waals surface area contributed by atoms with Crippen LogP contribution in [0.5, 0.6) is 0 Å². The van der Waals surface area contributed by atoms with E-state index in [9.17, 15) is 4.79 Å². The largest absolute Gasteiger partial charge is 0.392 e. The molecule has 0 aromatic heterocycles. The Kier molecular flexibility index (Phi) is 44.1. The molecule has 0 atom stereocenters. The van der Waals surface area contributed by atoms with E-state index in [-0.39, 0.29) is 6.61 Å². The van der Waals surface area contributed by atoms with Crippen molar-refractivity contribution in [2.45, 2.75) is 74.3 Å². The van der Waals surface area contributed by atoms with E-state index in [0.29, 0.717) is 12.3 Å². The van der Waals surface area contributed by atoms with Crippen LogP contribution in [0.2, 0.25) is 0 Å². The first-order chi connectivity index (χ1) is 20.2. The van der Waals surface area contributed by atoms with Gasteiger partial charge in [0.25, 0.3) is 0 Å². The van der Waals surface area contributed by atoms with Gasteiger partial charge in [-0.2, -0.15) is 5.26 Å². The molecular formula is C37H52ClNO2. The molecule has 1 N–H and O–H groups in total. The Morgan fingerprint density at radius 2 is 0.902 bits per heavy atom. The second-order valence-electron chi connectivity index (χ2n) is 6.61. The minimum Gasteiger partial charge on any atom is -0.392 e. The zero-order valence-electron chi connectivity index (χ0n) is 26.4. The molecule has 0 heterocycles. The molecule has 4 heteroatoms. The first-order valence-corrected chi connectivity index (χ1v) is 14.9. The summed E-state index contributed by atoms with van der Waals surface area (Å²) in [6.07, 6.45) is 1.35. The molecule has 0 aliphatic rings. The van der Waals surface area contributed by atoms with Crippen LogP contribution in [0.1, 0.15) is 82.4 Å². The Morgan fingerprint density at radius 3 is 1.12 bits per heavy atom. The fraction of sp³-hybridized carbons (Fsp3) is 0.297. The third kappa shape index (κ3) is 30.7. The van der Waals surface area contributed by atoms with Crippen LogP contribution in [0.15, 0.2) is 121 Å². The molecule has 0 aliphatic carbocycles. The van der Waals surface area contributed by atoms with Gasteiger partial charge in [0.2, 0.25) is 0 Å². The fourth-order valence-electron chi connectivity index (χ4n) is 2.37. The molecule has 4 rings (SSSR count). The highest BCUT2D eigenvalue weighted by atomic mass is 35.5. The number of alkyl halides is 1. The van der Waals surface area contributed by atoms with E-state index >= 15 is 0 Å². The molecule has 4 aromatic rings. The average molecular weight is 578 g/mol. The molecule has 0 spiro atoms. The summed E-state index contributed by atoms with van der Waals surface area (Å²) < 4.78 is 0. The van der Waals surface area contributed by atoms with Crippen LogP contribution >= 0.6 is 11.6 Å². The van der Waals surface area contributed by atoms with Crippen LogP contribution in [0.4, 0.5) is 0 Å². The summed E-state index contributed by atoms with van der Waals surface area (Å²) >= 11 is 5.53. The molecule has 4 aromatic carbocycles. The molecular weight excluding hydrogens is 526 g/mol. The average Bonchev–Trinajstić information content (AvgIpc) is 3.11. The Hall–Kier alpha value is -3.71. The van der Waals surface area contributed by atoms with Crippen molar-refractivity contribution in [2.24, 2.45) is 0 Å². The number of hydrogen-bond acceptors (Lipinski definition) is 3. The molecule has 0 amide bonds. The third-order valence-corrected chi connectivity index (χ3v) is 4.39. The summed E-state index contributed by atoms with van der Waals surface area (Å²) in [5.74, 6) is 0.612. The predicted molar refractivity (Wildman–Crippen MR) is 181 cm³/mol. The van der Waals surface area contributed by atoms with Crippen molar-refractivity contribution in [3.05, 3.63) is 144 Å². The fourth-order valence-corrected chi connectivity index (χ4v) is 2.55. The zero-order chi connectivity index (χ0) is 32.0. The van der Waals surface area contributed by atoms with Gasteiger partial charge < -0.3 is 5.11 Å². The van der Waals surface area contributed by atoms with Crippen LogP contribution in [0.3, 0.4) is 0 Å². The van der Waals surface area contributed by atoms with Crippen LogP contribution in [0.25, 0.3) is 0 Å². The minimum absolute atomic E-state index is 0.140. The van der Waals surface area contributed by atoms with Gasteiger partial charge in [0.1, 0.15) is 6.29 Å². The van der Waals surface area contributed by atoms with Crippen molar-refractivity contribution in [1.82, 2.24) is 0 Å². The Balaban J connectivity index is -0.000000206. The molecule has 0 bridgehead atoms. The number of carbonyl (C=O) groups is 1. The standard InChI is InChI=1S/C8H7N.C7H7Cl.C7H8O.C7H6O.4C2H6/c9-7-6-8-4-2-1-3-5-8;3*8-6-7-4-2-1-3-5-7;4*1-2/h1-5H,6H2;1-5H,6H2;1-5,8H,6H2;1-6H;4*1-2H3. The quantitative estimate of drug-likeness (QED) is 0.194. The Morgan fingerprint density at radius 1 is 0.585 bits per heavy atom. The summed E-state index contributed by atoms with van der Waals surface area (Å²) in [4.78, 5) is 10.0. The summed E-state index contributed by atoms with van der Waals surface area (Å²) in [6.45, 7) is 16.1. The number of benzene rings is 4. The normalized spacial score (nSPS) is 7.63. The van der Waals surface area contributed by atoms with Gasteiger partial charge in [-0.3, -0.25) is 4.79 Å². The first-order valence-electron chi connectivity index (χ1n) is 14.4. The SMILES string of the molecule is CC.CC.CC.CC.ClCc1ccccc1.N#CCc1ccccc1.O=Cc1ccccc1.OCc1ccccc1. The van der Waals surface area contributed by atoms with Gasteiger partial charge in [0, 0.05) is 11.4 Å². The highest BCUT2D eigenvalue weighted by Gasteiger charge is 1.85. The molecule has 0 aliphatic heterocycles. The maximum Gasteiger partial charge on any atom is 0.150 e. The summed E-state index contributed by atoms with van der Waals surface area (Å²) in [5.41, 5.74) is 3.95. The summed E-state index contributed by atoms with van der Waals surface area (Å²) in [6, 6.07) is 40.4. The van der Waals surface area contributed by atoms with Gasteiger partial charge in [0.05, 0.1) is 19.1 Å². The van der Waals surface area contributed by atoms with E-state index in [2.05, 4.69) is 6.07 Å². The Labute approximate surface area is 256 Å². The Bertz CT molecular complexity index is 981. The number of carbonyl (C=O) groups excluding carboxylic acids is 1. The van der Waals surface area contributed by atoms with Crippen molar-refractivity contribution in [2.75, 3.05) is 0 Å². The second kappa shape index (κ2) is 40.8. The summed E-state index contributed by atoms with van der Waals surface area (Å²) in [7, 11) is 0. The highest BCUT2D eigenvalue weighted by Crippen LogP contribution is 2.00. The lowest BCUT2D eigenvalue weighted by atomic mass is 10.2. The number of hydrogen-bond donors (Lipinski definition) is 1. The summed E-state index contributed by atoms with van der Waals surface area (Å²) in [5, 5.41) is 16.8. The van der Waals surface area contributed by atoms with Gasteiger partial charge in [-0.05, 0) is 16.7 Å². The van der Waals surface area contributed by atoms with Crippen LogP contribution < -0.4 is 0 Å². The van der Waals surface area contributed by atoms with Crippen molar-refractivity contribution in [3.63, 3.8) is 0 Å². The van der Waals surface area contributed by atoms with E-state index in [1.165, 1.54) is 5.56 Å². The molecule has 0 unspecified atom stereocenters. The predicted octanol–water partition coefficient (Wildman–Crippen LogP) is 11.0. The highest BCUT2D eigenvalue weighted by molar-refractivity contribution is 6.17. The lowest BCUT2D eigenvalue weighted by Crippen LogP contribution is -1.77. The smallest absolute Gasteiger partial charge is 0.150 e. The van der Waals surface area contributed by atoms with E-state index in [1.807, 2.05) is 165 Å².